The third-order valence-electron chi connectivity index (χ3n) is 5.53. The summed E-state index contributed by atoms with van der Waals surface area (Å²) >= 11 is 0. The molecule has 0 saturated carbocycles. The van der Waals surface area contributed by atoms with Crippen molar-refractivity contribution in [1.82, 2.24) is 24.9 Å². The number of aromatic nitrogens is 3. The zero-order valence-electron chi connectivity index (χ0n) is 18.1. The van der Waals surface area contributed by atoms with E-state index in [0.29, 0.717) is 42.9 Å². The summed E-state index contributed by atoms with van der Waals surface area (Å²) < 4.78 is 10.9. The Morgan fingerprint density at radius 3 is 2.61 bits per heavy atom. The van der Waals surface area contributed by atoms with Gasteiger partial charge >= 0.3 is 0 Å². The third-order valence-corrected chi connectivity index (χ3v) is 5.53. The molecule has 3 aromatic rings. The Morgan fingerprint density at radius 2 is 1.90 bits per heavy atom. The van der Waals surface area contributed by atoms with Crippen molar-refractivity contribution >= 4 is 5.91 Å². The highest BCUT2D eigenvalue weighted by Gasteiger charge is 2.28. The maximum Gasteiger partial charge on any atom is 0.254 e. The second-order valence-electron chi connectivity index (χ2n) is 7.64. The van der Waals surface area contributed by atoms with Crippen molar-refractivity contribution in [3.8, 4) is 17.3 Å². The Balaban J connectivity index is 1.37. The molecular formula is C23H27N5O3. The topological polar surface area (TPSA) is 84.6 Å². The zero-order valence-corrected chi connectivity index (χ0v) is 18.1. The highest BCUT2D eigenvalue weighted by atomic mass is 16.5. The molecule has 1 unspecified atom stereocenters. The van der Waals surface area contributed by atoms with E-state index in [1.807, 2.05) is 43.0 Å². The predicted octanol–water partition coefficient (Wildman–Crippen LogP) is 3.36. The molecule has 162 valence electrons. The van der Waals surface area contributed by atoms with E-state index in [9.17, 15) is 4.79 Å². The lowest BCUT2D eigenvalue weighted by atomic mass is 10.1. The molecule has 0 N–H and O–H groups in total. The monoisotopic (exact) mass is 421 g/mol. The van der Waals surface area contributed by atoms with E-state index in [1.54, 1.807) is 18.3 Å². The summed E-state index contributed by atoms with van der Waals surface area (Å²) in [6.45, 7) is 9.25. The van der Waals surface area contributed by atoms with Crippen LogP contribution in [0.4, 0.5) is 0 Å². The number of hydrogen-bond acceptors (Lipinski definition) is 7. The van der Waals surface area contributed by atoms with Crippen molar-refractivity contribution in [3.63, 3.8) is 0 Å². The van der Waals surface area contributed by atoms with Crippen LogP contribution >= 0.6 is 0 Å². The third kappa shape index (κ3) is 4.74. The van der Waals surface area contributed by atoms with Crippen LogP contribution in [0.2, 0.25) is 0 Å². The van der Waals surface area contributed by atoms with Gasteiger partial charge < -0.3 is 14.2 Å². The number of nitrogens with zero attached hydrogens (tertiary/aromatic N) is 5. The minimum absolute atomic E-state index is 0.00453. The first kappa shape index (κ1) is 21.0. The highest BCUT2D eigenvalue weighted by molar-refractivity contribution is 5.94. The van der Waals surface area contributed by atoms with Crippen LogP contribution in [0.1, 0.15) is 41.7 Å². The van der Waals surface area contributed by atoms with Crippen LogP contribution in [0.5, 0.6) is 5.88 Å². The van der Waals surface area contributed by atoms with E-state index in [2.05, 4.69) is 26.9 Å². The van der Waals surface area contributed by atoms with Gasteiger partial charge in [0, 0.05) is 49.6 Å². The van der Waals surface area contributed by atoms with Gasteiger partial charge in [-0.25, -0.2) is 4.98 Å². The molecule has 4 rings (SSSR count). The fourth-order valence-electron chi connectivity index (χ4n) is 3.65. The molecule has 8 nitrogen and oxygen atoms in total. The largest absolute Gasteiger partial charge is 0.478 e. The number of aryl methyl sites for hydroxylation is 1. The molecular weight excluding hydrogens is 394 g/mol. The Morgan fingerprint density at radius 1 is 1.16 bits per heavy atom. The van der Waals surface area contributed by atoms with E-state index in [0.717, 1.165) is 18.7 Å². The van der Waals surface area contributed by atoms with Gasteiger partial charge in [-0.1, -0.05) is 35.0 Å². The van der Waals surface area contributed by atoms with Gasteiger partial charge in [0.25, 0.3) is 5.91 Å². The van der Waals surface area contributed by atoms with Crippen molar-refractivity contribution in [2.45, 2.75) is 26.8 Å². The highest BCUT2D eigenvalue weighted by Crippen LogP contribution is 2.24. The van der Waals surface area contributed by atoms with Crippen LogP contribution in [0.15, 0.2) is 47.1 Å². The summed E-state index contributed by atoms with van der Waals surface area (Å²) in [6.07, 6.45) is 1.61. The SMILES string of the molecule is CCOc1cc(C(=O)N2CCN(C(C)c3nc(-c4ccc(C)cc4)no3)CC2)ccn1. The molecule has 2 aromatic heterocycles. The average molecular weight is 422 g/mol. The minimum atomic E-state index is -0.0190. The average Bonchev–Trinajstić information content (AvgIpc) is 3.29. The lowest BCUT2D eigenvalue weighted by Crippen LogP contribution is -2.49. The Kier molecular flexibility index (Phi) is 6.27. The normalized spacial score (nSPS) is 15.6. The number of rotatable bonds is 6. The molecule has 31 heavy (non-hydrogen) atoms. The van der Waals surface area contributed by atoms with Crippen LogP contribution < -0.4 is 4.74 Å². The minimum Gasteiger partial charge on any atom is -0.478 e. The molecule has 0 spiro atoms. The van der Waals surface area contributed by atoms with Gasteiger partial charge in [-0.05, 0) is 26.8 Å². The first-order valence-electron chi connectivity index (χ1n) is 10.6. The van der Waals surface area contributed by atoms with E-state index >= 15 is 0 Å². The van der Waals surface area contributed by atoms with E-state index in [1.165, 1.54) is 5.56 Å². The second-order valence-corrected chi connectivity index (χ2v) is 7.64. The van der Waals surface area contributed by atoms with Crippen LogP contribution in [-0.4, -0.2) is 63.6 Å². The van der Waals surface area contributed by atoms with Gasteiger partial charge in [0.2, 0.25) is 17.6 Å². The standard InChI is InChI=1S/C23H27N5O3/c1-4-30-20-15-19(9-10-24-20)23(29)28-13-11-27(12-14-28)17(3)22-25-21(26-31-22)18-7-5-16(2)6-8-18/h5-10,15,17H,4,11-14H2,1-3H3. The van der Waals surface area contributed by atoms with E-state index < -0.39 is 0 Å². The second kappa shape index (κ2) is 9.26. The van der Waals surface area contributed by atoms with Gasteiger partial charge in [-0.15, -0.1) is 0 Å². The number of carbonyl (C=O) groups excluding carboxylic acids is 1. The Bertz CT molecular complexity index is 1030. The van der Waals surface area contributed by atoms with E-state index in [-0.39, 0.29) is 11.9 Å². The van der Waals surface area contributed by atoms with Crippen molar-refractivity contribution < 1.29 is 14.1 Å². The molecule has 1 atom stereocenters. The summed E-state index contributed by atoms with van der Waals surface area (Å²) in [4.78, 5) is 25.7. The summed E-state index contributed by atoms with van der Waals surface area (Å²) in [5.41, 5.74) is 2.72. The first-order chi connectivity index (χ1) is 15.0. The molecule has 0 radical (unpaired) electrons. The molecule has 1 aliphatic rings. The van der Waals surface area contributed by atoms with Crippen LogP contribution in [0.25, 0.3) is 11.4 Å². The van der Waals surface area contributed by atoms with E-state index in [4.69, 9.17) is 9.26 Å². The maximum absolute atomic E-state index is 12.9. The Labute approximate surface area is 181 Å². The number of hydrogen-bond donors (Lipinski definition) is 0. The lowest BCUT2D eigenvalue weighted by Gasteiger charge is -2.36. The van der Waals surface area contributed by atoms with Crippen LogP contribution in [0.3, 0.4) is 0 Å². The molecule has 1 aliphatic heterocycles. The molecule has 1 fully saturated rings. The smallest absolute Gasteiger partial charge is 0.254 e. The quantitative estimate of drug-likeness (QED) is 0.603. The van der Waals surface area contributed by atoms with Crippen molar-refractivity contribution in [2.75, 3.05) is 32.8 Å². The molecule has 1 amide bonds. The number of benzene rings is 1. The number of ether oxygens (including phenoxy) is 1. The molecule has 3 heterocycles. The van der Waals surface area contributed by atoms with Crippen molar-refractivity contribution in [3.05, 3.63) is 59.6 Å². The maximum atomic E-state index is 12.9. The lowest BCUT2D eigenvalue weighted by molar-refractivity contribution is 0.0551. The molecule has 8 heteroatoms. The van der Waals surface area contributed by atoms with Gasteiger partial charge in [0.05, 0.1) is 12.6 Å². The molecule has 0 aliphatic carbocycles. The van der Waals surface area contributed by atoms with Crippen LogP contribution in [-0.2, 0) is 0 Å². The summed E-state index contributed by atoms with van der Waals surface area (Å²) in [5, 5.41) is 4.14. The van der Waals surface area contributed by atoms with Crippen molar-refractivity contribution in [1.29, 1.82) is 0 Å². The number of amides is 1. The van der Waals surface area contributed by atoms with Gasteiger partial charge in [0.15, 0.2) is 0 Å². The first-order valence-corrected chi connectivity index (χ1v) is 10.6. The Hall–Kier alpha value is -3.26. The molecule has 1 aromatic carbocycles. The molecule has 1 saturated heterocycles. The van der Waals surface area contributed by atoms with Crippen molar-refractivity contribution in [2.24, 2.45) is 0 Å². The predicted molar refractivity (Wildman–Crippen MR) is 116 cm³/mol. The summed E-state index contributed by atoms with van der Waals surface area (Å²) in [5.74, 6) is 1.65. The fourth-order valence-corrected chi connectivity index (χ4v) is 3.65. The zero-order chi connectivity index (χ0) is 21.8. The molecule has 0 bridgehead atoms. The summed E-state index contributed by atoms with van der Waals surface area (Å²) in [7, 11) is 0. The summed E-state index contributed by atoms with van der Waals surface area (Å²) in [6, 6.07) is 11.5. The van der Waals surface area contributed by atoms with Gasteiger partial charge in [-0.2, -0.15) is 4.98 Å². The van der Waals surface area contributed by atoms with Gasteiger partial charge in [-0.3, -0.25) is 9.69 Å². The van der Waals surface area contributed by atoms with Gasteiger partial charge in [0.1, 0.15) is 0 Å². The fraction of sp³-hybridized carbons (Fsp3) is 0.391. The number of piperazine rings is 1. The van der Waals surface area contributed by atoms with Crippen LogP contribution in [0, 0.1) is 6.92 Å². The number of pyridine rings is 1. The number of carbonyl (C=O) groups is 1.